The third-order valence-electron chi connectivity index (χ3n) is 4.19. The Hall–Kier alpha value is -2.78. The average molecular weight is 450 g/mol. The maximum atomic E-state index is 12.7. The Kier molecular flexibility index (Phi) is 7.75. The molecular formula is C22H21F3N2O3S. The summed E-state index contributed by atoms with van der Waals surface area (Å²) in [5.41, 5.74) is 2.82. The SMILES string of the molecule is Cc1cc(CSc2ccccc2C(=O)NCc2ccc(COCC(F)(F)F)cc2)on1. The summed E-state index contributed by atoms with van der Waals surface area (Å²) in [7, 11) is 0. The highest BCUT2D eigenvalue weighted by atomic mass is 32.2. The number of aryl methyl sites for hydroxylation is 1. The van der Waals surface area contributed by atoms with Crippen molar-refractivity contribution in [2.24, 2.45) is 0 Å². The van der Waals surface area contributed by atoms with Gasteiger partial charge >= 0.3 is 6.18 Å². The second-order valence-corrected chi connectivity index (χ2v) is 7.84. The number of halogens is 3. The first-order chi connectivity index (χ1) is 14.8. The van der Waals surface area contributed by atoms with Crippen molar-refractivity contribution < 1.29 is 27.2 Å². The van der Waals surface area contributed by atoms with E-state index in [0.717, 1.165) is 21.9 Å². The van der Waals surface area contributed by atoms with Gasteiger partial charge < -0.3 is 14.6 Å². The molecule has 0 saturated carbocycles. The Morgan fingerprint density at radius 2 is 1.84 bits per heavy atom. The predicted octanol–water partition coefficient (Wildman–Crippen LogP) is 5.28. The number of aromatic nitrogens is 1. The molecule has 3 aromatic rings. The predicted molar refractivity (Wildman–Crippen MR) is 111 cm³/mol. The number of nitrogens with one attached hydrogen (secondary N) is 1. The van der Waals surface area contributed by atoms with Crippen molar-refractivity contribution in [2.45, 2.75) is 36.9 Å². The third kappa shape index (κ3) is 7.45. The summed E-state index contributed by atoms with van der Waals surface area (Å²) in [5, 5.41) is 6.73. The van der Waals surface area contributed by atoms with E-state index in [2.05, 4.69) is 15.2 Å². The monoisotopic (exact) mass is 450 g/mol. The van der Waals surface area contributed by atoms with E-state index in [0.29, 0.717) is 23.4 Å². The van der Waals surface area contributed by atoms with E-state index in [1.807, 2.05) is 25.1 Å². The van der Waals surface area contributed by atoms with Crippen LogP contribution in [0.1, 0.15) is 32.9 Å². The first-order valence-corrected chi connectivity index (χ1v) is 10.4. The Balaban J connectivity index is 1.52. The van der Waals surface area contributed by atoms with Crippen molar-refractivity contribution in [2.75, 3.05) is 6.61 Å². The lowest BCUT2D eigenvalue weighted by Gasteiger charge is -2.10. The van der Waals surface area contributed by atoms with Crippen LogP contribution in [0, 0.1) is 6.92 Å². The van der Waals surface area contributed by atoms with E-state index in [9.17, 15) is 18.0 Å². The summed E-state index contributed by atoms with van der Waals surface area (Å²) in [6.07, 6.45) is -4.34. The molecule has 0 aliphatic heterocycles. The van der Waals surface area contributed by atoms with Crippen LogP contribution in [0.15, 0.2) is 64.0 Å². The zero-order valence-corrected chi connectivity index (χ0v) is 17.6. The Labute approximate surface area is 182 Å². The minimum atomic E-state index is -4.34. The summed E-state index contributed by atoms with van der Waals surface area (Å²) < 4.78 is 46.2. The van der Waals surface area contributed by atoms with Gasteiger partial charge in [-0.05, 0) is 30.2 Å². The number of carbonyl (C=O) groups is 1. The van der Waals surface area contributed by atoms with Crippen molar-refractivity contribution in [1.82, 2.24) is 10.5 Å². The number of carbonyl (C=O) groups excluding carboxylic acids is 1. The zero-order valence-electron chi connectivity index (χ0n) is 16.7. The van der Waals surface area contributed by atoms with Gasteiger partial charge in [0.15, 0.2) is 0 Å². The molecule has 5 nitrogen and oxygen atoms in total. The van der Waals surface area contributed by atoms with Crippen LogP contribution in [-0.4, -0.2) is 23.8 Å². The maximum Gasteiger partial charge on any atom is 0.411 e. The molecule has 31 heavy (non-hydrogen) atoms. The second-order valence-electron chi connectivity index (χ2n) is 6.83. The lowest BCUT2D eigenvalue weighted by molar-refractivity contribution is -0.176. The molecule has 0 aliphatic carbocycles. The summed E-state index contributed by atoms with van der Waals surface area (Å²) in [6, 6.07) is 16.0. The summed E-state index contributed by atoms with van der Waals surface area (Å²) >= 11 is 1.49. The van der Waals surface area contributed by atoms with Crippen LogP contribution in [0.5, 0.6) is 0 Å². The molecular weight excluding hydrogens is 429 g/mol. The molecule has 3 rings (SSSR count). The minimum Gasteiger partial charge on any atom is -0.367 e. The van der Waals surface area contributed by atoms with Gasteiger partial charge in [-0.15, -0.1) is 11.8 Å². The van der Waals surface area contributed by atoms with Crippen LogP contribution in [0.2, 0.25) is 0 Å². The Morgan fingerprint density at radius 1 is 1.13 bits per heavy atom. The van der Waals surface area contributed by atoms with Gasteiger partial charge in [0.1, 0.15) is 12.4 Å². The third-order valence-corrected chi connectivity index (χ3v) is 5.28. The standard InChI is InChI=1S/C22H21F3N2O3S/c1-15-10-18(30-27-15)13-31-20-5-3-2-4-19(20)21(28)26-11-16-6-8-17(9-7-16)12-29-14-22(23,24)25/h2-10H,11-14H2,1H3,(H,26,28). The van der Waals surface area contributed by atoms with Crippen molar-refractivity contribution in [1.29, 1.82) is 0 Å². The van der Waals surface area contributed by atoms with Crippen LogP contribution >= 0.6 is 11.8 Å². The van der Waals surface area contributed by atoms with E-state index in [1.165, 1.54) is 11.8 Å². The van der Waals surface area contributed by atoms with Crippen LogP contribution in [0.4, 0.5) is 13.2 Å². The fourth-order valence-electron chi connectivity index (χ4n) is 2.73. The molecule has 0 aliphatic rings. The van der Waals surface area contributed by atoms with Gasteiger partial charge in [0.05, 0.1) is 23.6 Å². The van der Waals surface area contributed by atoms with Gasteiger partial charge in [-0.1, -0.05) is 41.6 Å². The number of thioether (sulfide) groups is 1. The van der Waals surface area contributed by atoms with Crippen LogP contribution in [-0.2, 0) is 23.6 Å². The molecule has 2 aromatic carbocycles. The maximum absolute atomic E-state index is 12.7. The molecule has 1 heterocycles. The summed E-state index contributed by atoms with van der Waals surface area (Å²) in [4.78, 5) is 13.5. The number of amides is 1. The summed E-state index contributed by atoms with van der Waals surface area (Å²) in [6.45, 7) is 0.740. The Morgan fingerprint density at radius 3 is 2.52 bits per heavy atom. The largest absolute Gasteiger partial charge is 0.411 e. The van der Waals surface area contributed by atoms with Gasteiger partial charge in [0, 0.05) is 17.5 Å². The fraction of sp³-hybridized carbons (Fsp3) is 0.273. The lowest BCUT2D eigenvalue weighted by Crippen LogP contribution is -2.23. The molecule has 0 atom stereocenters. The molecule has 1 amide bonds. The van der Waals surface area contributed by atoms with E-state index in [4.69, 9.17) is 4.52 Å². The minimum absolute atomic E-state index is 0.124. The Bertz CT molecular complexity index is 1000. The molecule has 9 heteroatoms. The number of benzene rings is 2. The topological polar surface area (TPSA) is 64.4 Å². The first kappa shape index (κ1) is 22.9. The molecule has 164 valence electrons. The number of hydrogen-bond acceptors (Lipinski definition) is 5. The first-order valence-electron chi connectivity index (χ1n) is 9.45. The average Bonchev–Trinajstić information content (AvgIpc) is 3.16. The highest BCUT2D eigenvalue weighted by Gasteiger charge is 2.27. The molecule has 0 fully saturated rings. The van der Waals surface area contributed by atoms with Crippen molar-refractivity contribution in [3.8, 4) is 0 Å². The van der Waals surface area contributed by atoms with Crippen LogP contribution in [0.3, 0.4) is 0 Å². The van der Waals surface area contributed by atoms with Gasteiger partial charge in [-0.25, -0.2) is 0 Å². The zero-order chi connectivity index (χ0) is 22.3. The van der Waals surface area contributed by atoms with Gasteiger partial charge in [-0.2, -0.15) is 13.2 Å². The number of alkyl halides is 3. The smallest absolute Gasteiger partial charge is 0.367 e. The number of nitrogens with zero attached hydrogens (tertiary/aromatic N) is 1. The number of ether oxygens (including phenoxy) is 1. The molecule has 1 N–H and O–H groups in total. The van der Waals surface area contributed by atoms with E-state index >= 15 is 0 Å². The highest BCUT2D eigenvalue weighted by molar-refractivity contribution is 7.98. The van der Waals surface area contributed by atoms with E-state index in [-0.39, 0.29) is 12.5 Å². The molecule has 0 bridgehead atoms. The van der Waals surface area contributed by atoms with E-state index < -0.39 is 12.8 Å². The van der Waals surface area contributed by atoms with Crippen molar-refractivity contribution in [3.63, 3.8) is 0 Å². The van der Waals surface area contributed by atoms with Gasteiger partial charge in [0.25, 0.3) is 5.91 Å². The fourth-order valence-corrected chi connectivity index (χ4v) is 3.65. The molecule has 1 aromatic heterocycles. The van der Waals surface area contributed by atoms with Crippen molar-refractivity contribution in [3.05, 3.63) is 82.7 Å². The quantitative estimate of drug-likeness (QED) is 0.449. The molecule has 0 spiro atoms. The second kappa shape index (κ2) is 10.5. The van der Waals surface area contributed by atoms with Crippen LogP contribution in [0.25, 0.3) is 0 Å². The van der Waals surface area contributed by atoms with Gasteiger partial charge in [0.2, 0.25) is 0 Å². The van der Waals surface area contributed by atoms with Gasteiger partial charge in [-0.3, -0.25) is 4.79 Å². The highest BCUT2D eigenvalue weighted by Crippen LogP contribution is 2.26. The molecule has 0 radical (unpaired) electrons. The number of hydrogen-bond donors (Lipinski definition) is 1. The molecule has 0 saturated heterocycles. The number of rotatable bonds is 9. The normalized spacial score (nSPS) is 11.5. The molecule has 0 unspecified atom stereocenters. The lowest BCUT2D eigenvalue weighted by atomic mass is 10.1. The van der Waals surface area contributed by atoms with Crippen LogP contribution < -0.4 is 5.32 Å². The van der Waals surface area contributed by atoms with E-state index in [1.54, 1.807) is 36.4 Å². The van der Waals surface area contributed by atoms with Crippen molar-refractivity contribution >= 4 is 17.7 Å². The summed E-state index contributed by atoms with van der Waals surface area (Å²) in [5.74, 6) is 1.08.